The van der Waals surface area contributed by atoms with E-state index in [1.807, 2.05) is 0 Å². The number of hydroxylamine groups is 2. The number of rotatable bonds is 9. The lowest BCUT2D eigenvalue weighted by atomic mass is 10.2. The molecule has 0 amide bonds. The maximum Gasteiger partial charge on any atom is 0.0424 e. The van der Waals surface area contributed by atoms with Crippen LogP contribution in [0.3, 0.4) is 0 Å². The van der Waals surface area contributed by atoms with Gasteiger partial charge < -0.3 is 0 Å². The first-order chi connectivity index (χ1) is 6.72. The fourth-order valence-electron chi connectivity index (χ4n) is 1.24. The molecular formula is C10H24N2O2. The van der Waals surface area contributed by atoms with Crippen molar-refractivity contribution in [3.8, 4) is 0 Å². The van der Waals surface area contributed by atoms with Crippen molar-refractivity contribution in [3.63, 3.8) is 0 Å². The Kier molecular flexibility index (Phi) is 9.29. The van der Waals surface area contributed by atoms with Crippen molar-refractivity contribution in [2.24, 2.45) is 0 Å². The van der Waals surface area contributed by atoms with E-state index >= 15 is 0 Å². The molecule has 0 saturated carbocycles. The van der Waals surface area contributed by atoms with Gasteiger partial charge in [0, 0.05) is 13.1 Å². The molecule has 0 heterocycles. The first-order valence-corrected chi connectivity index (χ1v) is 5.65. The monoisotopic (exact) mass is 204 g/mol. The molecule has 0 radical (unpaired) electrons. The maximum atomic E-state index is 9.35. The molecular weight excluding hydrogens is 180 g/mol. The molecule has 4 heteroatoms. The van der Waals surface area contributed by atoms with E-state index < -0.39 is 0 Å². The third-order valence-corrected chi connectivity index (χ3v) is 2.19. The molecule has 0 aromatic rings. The zero-order valence-corrected chi connectivity index (χ0v) is 9.45. The van der Waals surface area contributed by atoms with Crippen LogP contribution >= 0.6 is 0 Å². The highest BCUT2D eigenvalue weighted by Gasteiger charge is 2.08. The average molecular weight is 204 g/mol. The van der Waals surface area contributed by atoms with Gasteiger partial charge in [-0.05, 0) is 12.8 Å². The number of hydrogen-bond acceptors (Lipinski definition) is 4. The Morgan fingerprint density at radius 3 is 1.36 bits per heavy atom. The Labute approximate surface area is 87.0 Å². The lowest BCUT2D eigenvalue weighted by Crippen LogP contribution is -2.38. The van der Waals surface area contributed by atoms with Gasteiger partial charge in [0.05, 0.1) is 0 Å². The van der Waals surface area contributed by atoms with E-state index in [0.717, 1.165) is 48.9 Å². The van der Waals surface area contributed by atoms with Crippen LogP contribution in [0, 0.1) is 0 Å². The third-order valence-electron chi connectivity index (χ3n) is 2.19. The van der Waals surface area contributed by atoms with Crippen molar-refractivity contribution < 1.29 is 10.4 Å². The smallest absolute Gasteiger partial charge is 0.0424 e. The van der Waals surface area contributed by atoms with E-state index in [-0.39, 0.29) is 0 Å². The summed E-state index contributed by atoms with van der Waals surface area (Å²) >= 11 is 0. The van der Waals surface area contributed by atoms with Crippen LogP contribution in [0.1, 0.15) is 52.4 Å². The van der Waals surface area contributed by atoms with Gasteiger partial charge >= 0.3 is 0 Å². The fourth-order valence-corrected chi connectivity index (χ4v) is 1.24. The van der Waals surface area contributed by atoms with Gasteiger partial charge in [-0.15, -0.1) is 10.3 Å². The Morgan fingerprint density at radius 2 is 1.07 bits per heavy atom. The second-order valence-corrected chi connectivity index (χ2v) is 3.61. The predicted molar refractivity (Wildman–Crippen MR) is 56.0 cm³/mol. The lowest BCUT2D eigenvalue weighted by molar-refractivity contribution is -0.367. The molecule has 0 aromatic carbocycles. The minimum Gasteiger partial charge on any atom is -0.297 e. The van der Waals surface area contributed by atoms with E-state index in [1.165, 1.54) is 0 Å². The van der Waals surface area contributed by atoms with Crippen LogP contribution in [0.25, 0.3) is 0 Å². The van der Waals surface area contributed by atoms with Crippen LogP contribution in [-0.4, -0.2) is 33.8 Å². The highest BCUT2D eigenvalue weighted by atomic mass is 16.7. The van der Waals surface area contributed by atoms with Crippen LogP contribution < -0.4 is 0 Å². The molecule has 0 rings (SSSR count). The molecule has 4 nitrogen and oxygen atoms in total. The minimum absolute atomic E-state index is 0.510. The Balaban J connectivity index is 3.39. The summed E-state index contributed by atoms with van der Waals surface area (Å²) in [5.41, 5.74) is 0. The van der Waals surface area contributed by atoms with E-state index in [1.54, 1.807) is 0 Å². The summed E-state index contributed by atoms with van der Waals surface area (Å²) in [7, 11) is 0. The van der Waals surface area contributed by atoms with E-state index in [2.05, 4.69) is 13.8 Å². The van der Waals surface area contributed by atoms with Crippen LogP contribution in [0.15, 0.2) is 0 Å². The number of hydrazine groups is 1. The van der Waals surface area contributed by atoms with Crippen LogP contribution in [-0.2, 0) is 0 Å². The number of nitrogens with zero attached hydrogens (tertiary/aromatic N) is 2. The summed E-state index contributed by atoms with van der Waals surface area (Å²) in [6.45, 7) is 5.24. The molecule has 2 N–H and O–H groups in total. The molecule has 0 bridgehead atoms. The molecule has 0 fully saturated rings. The van der Waals surface area contributed by atoms with Gasteiger partial charge in [0.25, 0.3) is 0 Å². The van der Waals surface area contributed by atoms with Gasteiger partial charge in [0.1, 0.15) is 0 Å². The largest absolute Gasteiger partial charge is 0.297 e. The third kappa shape index (κ3) is 7.26. The Hall–Kier alpha value is -0.160. The molecule has 86 valence electrons. The first-order valence-electron chi connectivity index (χ1n) is 5.65. The summed E-state index contributed by atoms with van der Waals surface area (Å²) in [6.07, 6.45) is 6.24. The molecule has 0 aromatic heterocycles. The maximum absolute atomic E-state index is 9.35. The summed E-state index contributed by atoms with van der Waals surface area (Å²) in [5, 5.41) is 20.5. The normalized spacial score (nSPS) is 11.6. The van der Waals surface area contributed by atoms with Gasteiger partial charge in [-0.2, -0.15) is 0 Å². The lowest BCUT2D eigenvalue weighted by Gasteiger charge is -2.23. The molecule has 0 saturated heterocycles. The minimum atomic E-state index is 0.510. The van der Waals surface area contributed by atoms with Gasteiger partial charge in [0.15, 0.2) is 0 Å². The second kappa shape index (κ2) is 9.40. The van der Waals surface area contributed by atoms with Gasteiger partial charge in [-0.25, -0.2) is 0 Å². The molecule has 0 atom stereocenters. The van der Waals surface area contributed by atoms with Crippen LogP contribution in [0.2, 0.25) is 0 Å². The zero-order chi connectivity index (χ0) is 10.8. The summed E-state index contributed by atoms with van der Waals surface area (Å²) in [6, 6.07) is 0. The van der Waals surface area contributed by atoms with Crippen molar-refractivity contribution >= 4 is 0 Å². The SMILES string of the molecule is CCCCCN(O)N(O)CCCCC. The average Bonchev–Trinajstić information content (AvgIpc) is 2.18. The number of hydrogen-bond donors (Lipinski definition) is 2. The van der Waals surface area contributed by atoms with E-state index in [0.29, 0.717) is 13.1 Å². The van der Waals surface area contributed by atoms with Crippen molar-refractivity contribution in [2.75, 3.05) is 13.1 Å². The second-order valence-electron chi connectivity index (χ2n) is 3.61. The zero-order valence-electron chi connectivity index (χ0n) is 9.45. The topological polar surface area (TPSA) is 46.9 Å². The fraction of sp³-hybridized carbons (Fsp3) is 1.00. The molecule has 0 spiro atoms. The predicted octanol–water partition coefficient (Wildman–Crippen LogP) is 2.66. The molecule has 0 aliphatic heterocycles. The summed E-state index contributed by atoms with van der Waals surface area (Å²) < 4.78 is 0. The van der Waals surface area contributed by atoms with Gasteiger partial charge in [-0.3, -0.25) is 10.4 Å². The highest BCUT2D eigenvalue weighted by Crippen LogP contribution is 2.01. The Bertz CT molecular complexity index is 109. The first kappa shape index (κ1) is 13.8. The van der Waals surface area contributed by atoms with E-state index in [9.17, 15) is 10.4 Å². The summed E-state index contributed by atoms with van der Waals surface area (Å²) in [5.74, 6) is 0. The van der Waals surface area contributed by atoms with Crippen molar-refractivity contribution in [1.29, 1.82) is 0 Å². The van der Waals surface area contributed by atoms with Crippen molar-refractivity contribution in [1.82, 2.24) is 10.3 Å². The highest BCUT2D eigenvalue weighted by molar-refractivity contribution is 4.44. The van der Waals surface area contributed by atoms with Crippen LogP contribution in [0.4, 0.5) is 0 Å². The van der Waals surface area contributed by atoms with Gasteiger partial charge in [-0.1, -0.05) is 39.5 Å². The molecule has 0 aliphatic carbocycles. The molecule has 14 heavy (non-hydrogen) atoms. The number of unbranched alkanes of at least 4 members (excludes halogenated alkanes) is 4. The molecule has 0 aliphatic rings. The Morgan fingerprint density at radius 1 is 0.714 bits per heavy atom. The van der Waals surface area contributed by atoms with E-state index in [4.69, 9.17) is 0 Å². The van der Waals surface area contributed by atoms with Crippen molar-refractivity contribution in [3.05, 3.63) is 0 Å². The summed E-state index contributed by atoms with van der Waals surface area (Å²) in [4.78, 5) is 0. The van der Waals surface area contributed by atoms with Gasteiger partial charge in [0.2, 0.25) is 0 Å². The quantitative estimate of drug-likeness (QED) is 0.448. The van der Waals surface area contributed by atoms with Crippen LogP contribution in [0.5, 0.6) is 0 Å². The van der Waals surface area contributed by atoms with Crippen molar-refractivity contribution in [2.45, 2.75) is 52.4 Å². The molecule has 0 unspecified atom stereocenters. The standard InChI is InChI=1S/C10H24N2O2/c1-3-5-7-9-11(13)12(14)10-8-6-4-2/h13-14H,3-10H2,1-2H3.